The molecule has 4 nitrogen and oxygen atoms in total. The Kier molecular flexibility index (Phi) is 9.00. The molecule has 0 fully saturated rings. The highest BCUT2D eigenvalue weighted by molar-refractivity contribution is 4.68. The van der Waals surface area contributed by atoms with Crippen molar-refractivity contribution in [1.82, 2.24) is 10.2 Å². The molecule has 0 saturated heterocycles. The van der Waals surface area contributed by atoms with Gasteiger partial charge in [-0.2, -0.15) is 0 Å². The van der Waals surface area contributed by atoms with E-state index >= 15 is 0 Å². The maximum absolute atomic E-state index is 9.72. The molecule has 0 aromatic rings. The summed E-state index contributed by atoms with van der Waals surface area (Å²) in [4.78, 5) is 2.11. The second-order valence-electron chi connectivity index (χ2n) is 4.10. The lowest BCUT2D eigenvalue weighted by molar-refractivity contribution is 0.0710. The van der Waals surface area contributed by atoms with Gasteiger partial charge in [-0.3, -0.25) is 4.90 Å². The lowest BCUT2D eigenvalue weighted by Crippen LogP contribution is -2.42. The van der Waals surface area contributed by atoms with Crippen LogP contribution in [0.5, 0.6) is 0 Å². The summed E-state index contributed by atoms with van der Waals surface area (Å²) in [5.74, 6) is 0. The van der Waals surface area contributed by atoms with E-state index in [-0.39, 0.29) is 6.10 Å². The van der Waals surface area contributed by atoms with Crippen molar-refractivity contribution in [3.8, 4) is 0 Å². The summed E-state index contributed by atoms with van der Waals surface area (Å²) in [6, 6.07) is 0.343. The van der Waals surface area contributed by atoms with Crippen LogP contribution in [0.1, 0.15) is 20.3 Å². The van der Waals surface area contributed by atoms with Gasteiger partial charge in [-0.05, 0) is 26.9 Å². The van der Waals surface area contributed by atoms with Crippen LogP contribution in [0.2, 0.25) is 0 Å². The number of aliphatic hydroxyl groups is 1. The SMILES string of the molecule is CCCNCC(O)CN(C)C(C)COC. The van der Waals surface area contributed by atoms with Crippen LogP contribution in [0.15, 0.2) is 0 Å². The zero-order valence-corrected chi connectivity index (χ0v) is 10.5. The molecule has 0 bridgehead atoms. The number of nitrogens with zero attached hydrogens (tertiary/aromatic N) is 1. The number of nitrogens with one attached hydrogen (secondary N) is 1. The molecule has 2 unspecified atom stereocenters. The third-order valence-electron chi connectivity index (χ3n) is 2.47. The summed E-state index contributed by atoms with van der Waals surface area (Å²) >= 11 is 0. The Morgan fingerprint density at radius 3 is 2.67 bits per heavy atom. The van der Waals surface area contributed by atoms with Crippen LogP contribution >= 0.6 is 0 Å². The van der Waals surface area contributed by atoms with E-state index in [4.69, 9.17) is 4.74 Å². The first-order chi connectivity index (χ1) is 7.11. The molecule has 0 radical (unpaired) electrons. The second-order valence-corrected chi connectivity index (χ2v) is 4.10. The first kappa shape index (κ1) is 14.8. The highest BCUT2D eigenvalue weighted by atomic mass is 16.5. The van der Waals surface area contributed by atoms with E-state index in [1.165, 1.54) is 0 Å². The van der Waals surface area contributed by atoms with Gasteiger partial charge in [0.1, 0.15) is 0 Å². The summed E-state index contributed by atoms with van der Waals surface area (Å²) < 4.78 is 5.07. The van der Waals surface area contributed by atoms with Crippen LogP contribution in [0.4, 0.5) is 0 Å². The number of methoxy groups -OCH3 is 1. The van der Waals surface area contributed by atoms with Crippen molar-refractivity contribution in [2.75, 3.05) is 40.4 Å². The Labute approximate surface area is 93.6 Å². The van der Waals surface area contributed by atoms with Crippen LogP contribution in [0.25, 0.3) is 0 Å². The first-order valence-corrected chi connectivity index (χ1v) is 5.69. The van der Waals surface area contributed by atoms with Gasteiger partial charge in [0.25, 0.3) is 0 Å². The summed E-state index contributed by atoms with van der Waals surface area (Å²) in [5, 5.41) is 12.9. The highest BCUT2D eigenvalue weighted by Gasteiger charge is 2.12. The van der Waals surface area contributed by atoms with Gasteiger partial charge in [0.15, 0.2) is 0 Å². The molecular formula is C11H26N2O2. The summed E-state index contributed by atoms with van der Waals surface area (Å²) in [7, 11) is 3.70. The van der Waals surface area contributed by atoms with Gasteiger partial charge in [0.05, 0.1) is 12.7 Å². The fourth-order valence-electron chi connectivity index (χ4n) is 1.39. The van der Waals surface area contributed by atoms with Gasteiger partial charge in [0, 0.05) is 26.2 Å². The van der Waals surface area contributed by atoms with Crippen molar-refractivity contribution >= 4 is 0 Å². The maximum atomic E-state index is 9.72. The smallest absolute Gasteiger partial charge is 0.0791 e. The lowest BCUT2D eigenvalue weighted by atomic mass is 10.2. The Bertz CT molecular complexity index is 145. The Hall–Kier alpha value is -0.160. The zero-order chi connectivity index (χ0) is 11.7. The predicted octanol–water partition coefficient (Wildman–Crippen LogP) is 0.314. The molecule has 0 aromatic heterocycles. The van der Waals surface area contributed by atoms with E-state index in [9.17, 15) is 5.11 Å². The molecule has 15 heavy (non-hydrogen) atoms. The van der Waals surface area contributed by atoms with Gasteiger partial charge in [-0.15, -0.1) is 0 Å². The van der Waals surface area contributed by atoms with E-state index in [0.29, 0.717) is 25.7 Å². The van der Waals surface area contributed by atoms with Gasteiger partial charge >= 0.3 is 0 Å². The number of hydrogen-bond donors (Lipinski definition) is 2. The Balaban J connectivity index is 3.60. The molecule has 0 aliphatic heterocycles. The minimum atomic E-state index is -0.305. The van der Waals surface area contributed by atoms with E-state index < -0.39 is 0 Å². The molecule has 0 aromatic carbocycles. The van der Waals surface area contributed by atoms with Crippen molar-refractivity contribution in [3.63, 3.8) is 0 Å². The van der Waals surface area contributed by atoms with Gasteiger partial charge < -0.3 is 15.2 Å². The van der Waals surface area contributed by atoms with Crippen molar-refractivity contribution < 1.29 is 9.84 Å². The number of likely N-dealkylation sites (N-methyl/N-ethyl adjacent to an activating group) is 1. The van der Waals surface area contributed by atoms with Crippen LogP contribution in [0.3, 0.4) is 0 Å². The number of rotatable bonds is 9. The fraction of sp³-hybridized carbons (Fsp3) is 1.00. The molecule has 4 heteroatoms. The quantitative estimate of drug-likeness (QED) is 0.547. The van der Waals surface area contributed by atoms with E-state index in [1.807, 2.05) is 7.05 Å². The van der Waals surface area contributed by atoms with E-state index in [1.54, 1.807) is 7.11 Å². The molecular weight excluding hydrogens is 192 g/mol. The van der Waals surface area contributed by atoms with E-state index in [0.717, 1.165) is 13.0 Å². The number of aliphatic hydroxyl groups excluding tert-OH is 1. The maximum Gasteiger partial charge on any atom is 0.0791 e. The highest BCUT2D eigenvalue weighted by Crippen LogP contribution is 1.97. The summed E-state index contributed by atoms with van der Waals surface area (Å²) in [6.07, 6.45) is 0.795. The van der Waals surface area contributed by atoms with Gasteiger partial charge in [-0.1, -0.05) is 6.92 Å². The van der Waals surface area contributed by atoms with Crippen LogP contribution < -0.4 is 5.32 Å². The number of ether oxygens (including phenoxy) is 1. The van der Waals surface area contributed by atoms with Crippen LogP contribution in [-0.2, 0) is 4.74 Å². The van der Waals surface area contributed by atoms with Crippen molar-refractivity contribution in [1.29, 1.82) is 0 Å². The third-order valence-corrected chi connectivity index (χ3v) is 2.47. The minimum Gasteiger partial charge on any atom is -0.390 e. The average molecular weight is 218 g/mol. The van der Waals surface area contributed by atoms with Crippen LogP contribution in [0, 0.1) is 0 Å². The van der Waals surface area contributed by atoms with Gasteiger partial charge in [-0.25, -0.2) is 0 Å². The third kappa shape index (κ3) is 7.73. The molecule has 0 spiro atoms. The summed E-state index contributed by atoms with van der Waals surface area (Å²) in [5.41, 5.74) is 0. The molecule has 0 aliphatic carbocycles. The molecule has 0 aliphatic rings. The molecule has 2 N–H and O–H groups in total. The van der Waals surface area contributed by atoms with Crippen molar-refractivity contribution in [2.45, 2.75) is 32.4 Å². The van der Waals surface area contributed by atoms with Crippen molar-refractivity contribution in [3.05, 3.63) is 0 Å². The molecule has 0 heterocycles. The predicted molar refractivity (Wildman–Crippen MR) is 63.1 cm³/mol. The molecule has 92 valence electrons. The first-order valence-electron chi connectivity index (χ1n) is 5.69. The topological polar surface area (TPSA) is 44.7 Å². The van der Waals surface area contributed by atoms with E-state index in [2.05, 4.69) is 24.1 Å². The minimum absolute atomic E-state index is 0.305. The van der Waals surface area contributed by atoms with Gasteiger partial charge in [0.2, 0.25) is 0 Å². The molecule has 0 rings (SSSR count). The fourth-order valence-corrected chi connectivity index (χ4v) is 1.39. The standard InChI is InChI=1S/C11H26N2O2/c1-5-6-12-7-11(14)8-13(3)10(2)9-15-4/h10-12,14H,5-9H2,1-4H3. The molecule has 0 saturated carbocycles. The number of hydrogen-bond acceptors (Lipinski definition) is 4. The second kappa shape index (κ2) is 9.09. The zero-order valence-electron chi connectivity index (χ0n) is 10.5. The largest absolute Gasteiger partial charge is 0.390 e. The monoisotopic (exact) mass is 218 g/mol. The molecule has 0 amide bonds. The Morgan fingerprint density at radius 2 is 2.13 bits per heavy atom. The van der Waals surface area contributed by atoms with Crippen molar-refractivity contribution in [2.24, 2.45) is 0 Å². The molecule has 2 atom stereocenters. The lowest BCUT2D eigenvalue weighted by Gasteiger charge is -2.26. The van der Waals surface area contributed by atoms with Crippen LogP contribution in [-0.4, -0.2) is 62.6 Å². The average Bonchev–Trinajstić information content (AvgIpc) is 2.18. The normalized spacial score (nSPS) is 15.6. The summed E-state index contributed by atoms with van der Waals surface area (Å²) in [6.45, 7) is 7.22. The Morgan fingerprint density at radius 1 is 1.47 bits per heavy atom.